The normalized spacial score (nSPS) is 14.2. The molecule has 0 radical (unpaired) electrons. The Bertz CT molecular complexity index is 814. The van der Waals surface area contributed by atoms with Crippen LogP contribution in [0.5, 0.6) is 11.5 Å². The summed E-state index contributed by atoms with van der Waals surface area (Å²) in [4.78, 5) is 17.1. The third-order valence-corrected chi connectivity index (χ3v) is 4.17. The van der Waals surface area contributed by atoms with Gasteiger partial charge in [-0.2, -0.15) is 0 Å². The average molecular weight is 340 g/mol. The van der Waals surface area contributed by atoms with E-state index in [1.54, 1.807) is 0 Å². The third-order valence-electron chi connectivity index (χ3n) is 4.17. The highest BCUT2D eigenvalue weighted by molar-refractivity contribution is 5.89. The molecule has 25 heavy (non-hydrogen) atoms. The summed E-state index contributed by atoms with van der Waals surface area (Å²) in [5.41, 5.74) is 1.66. The van der Waals surface area contributed by atoms with Crippen LogP contribution in [0.25, 0.3) is 0 Å². The van der Waals surface area contributed by atoms with Gasteiger partial charge in [-0.15, -0.1) is 0 Å². The second kappa shape index (κ2) is 7.21. The molecule has 7 heteroatoms. The van der Waals surface area contributed by atoms with Crippen molar-refractivity contribution < 1.29 is 14.8 Å². The van der Waals surface area contributed by atoms with Crippen LogP contribution in [0.15, 0.2) is 41.4 Å². The zero-order valence-electron chi connectivity index (χ0n) is 13.8. The van der Waals surface area contributed by atoms with Crippen molar-refractivity contribution in [2.75, 3.05) is 25.1 Å². The first-order valence-corrected chi connectivity index (χ1v) is 8.01. The summed E-state index contributed by atoms with van der Waals surface area (Å²) in [6.07, 6.45) is 3.66. The van der Waals surface area contributed by atoms with E-state index in [9.17, 15) is 15.2 Å². The van der Waals surface area contributed by atoms with Crippen LogP contribution in [-0.2, 0) is 0 Å². The molecule has 0 aliphatic carbocycles. The quantitative estimate of drug-likeness (QED) is 0.474. The topological polar surface area (TPSA) is 91.0 Å². The van der Waals surface area contributed by atoms with E-state index in [0.717, 1.165) is 43.4 Å². The van der Waals surface area contributed by atoms with Gasteiger partial charge in [0.2, 0.25) is 0 Å². The van der Waals surface area contributed by atoms with Gasteiger partial charge in [0, 0.05) is 25.4 Å². The SMILES string of the molecule is COc1cc([N+](=O)[O-])cc(C=Nc2ccccc2N2CCCC2)c1[O-]. The summed E-state index contributed by atoms with van der Waals surface area (Å²) in [6.45, 7) is 1.95. The summed E-state index contributed by atoms with van der Waals surface area (Å²) in [7, 11) is 1.31. The van der Waals surface area contributed by atoms with Crippen molar-refractivity contribution in [3.63, 3.8) is 0 Å². The van der Waals surface area contributed by atoms with Gasteiger partial charge in [0.1, 0.15) is 5.75 Å². The Labute approximate surface area is 145 Å². The number of nitro benzene ring substituents is 1. The largest absolute Gasteiger partial charge is 0.870 e. The molecule has 1 saturated heterocycles. The van der Waals surface area contributed by atoms with Crippen LogP contribution in [0.4, 0.5) is 17.1 Å². The van der Waals surface area contributed by atoms with E-state index in [4.69, 9.17) is 4.74 Å². The van der Waals surface area contributed by atoms with E-state index in [2.05, 4.69) is 9.89 Å². The molecule has 2 aromatic carbocycles. The number of aliphatic imine (C=N–C) groups is 1. The predicted molar refractivity (Wildman–Crippen MR) is 94.2 cm³/mol. The number of hydrogen-bond donors (Lipinski definition) is 0. The zero-order valence-corrected chi connectivity index (χ0v) is 13.8. The molecule has 0 aromatic heterocycles. The van der Waals surface area contributed by atoms with E-state index >= 15 is 0 Å². The summed E-state index contributed by atoms with van der Waals surface area (Å²) in [5, 5.41) is 23.3. The molecule has 0 bridgehead atoms. The first-order chi connectivity index (χ1) is 12.1. The maximum Gasteiger partial charge on any atom is 0.273 e. The molecule has 1 aliphatic rings. The predicted octanol–water partition coefficient (Wildman–Crippen LogP) is 3.03. The third kappa shape index (κ3) is 3.55. The summed E-state index contributed by atoms with van der Waals surface area (Å²) < 4.78 is 4.95. The Morgan fingerprint density at radius 2 is 1.96 bits per heavy atom. The molecule has 1 fully saturated rings. The Kier molecular flexibility index (Phi) is 4.83. The smallest absolute Gasteiger partial charge is 0.273 e. The van der Waals surface area contributed by atoms with Crippen molar-refractivity contribution in [2.24, 2.45) is 4.99 Å². The molecular weight excluding hydrogens is 322 g/mol. The van der Waals surface area contributed by atoms with E-state index in [0.29, 0.717) is 0 Å². The van der Waals surface area contributed by atoms with Crippen LogP contribution >= 0.6 is 0 Å². The van der Waals surface area contributed by atoms with Crippen molar-refractivity contribution in [3.05, 3.63) is 52.1 Å². The number of ether oxygens (including phenoxy) is 1. The van der Waals surface area contributed by atoms with Crippen molar-refractivity contribution in [1.29, 1.82) is 0 Å². The summed E-state index contributed by atoms with van der Waals surface area (Å²) in [5.74, 6) is -0.487. The molecule has 130 valence electrons. The lowest BCUT2D eigenvalue weighted by atomic mass is 10.1. The second-order valence-corrected chi connectivity index (χ2v) is 5.76. The van der Waals surface area contributed by atoms with Crippen LogP contribution in [-0.4, -0.2) is 31.3 Å². The lowest BCUT2D eigenvalue weighted by Crippen LogP contribution is -2.17. The second-order valence-electron chi connectivity index (χ2n) is 5.76. The van der Waals surface area contributed by atoms with Gasteiger partial charge in [-0.05, 0) is 30.5 Å². The number of methoxy groups -OCH3 is 1. The Hall–Kier alpha value is -3.09. The molecule has 0 spiro atoms. The van der Waals surface area contributed by atoms with E-state index < -0.39 is 10.7 Å². The lowest BCUT2D eigenvalue weighted by molar-refractivity contribution is -0.385. The van der Waals surface area contributed by atoms with E-state index in [1.807, 2.05) is 24.3 Å². The fraction of sp³-hybridized carbons (Fsp3) is 0.278. The molecule has 2 aromatic rings. The first kappa shape index (κ1) is 16.8. The fourth-order valence-electron chi connectivity index (χ4n) is 2.90. The molecule has 1 heterocycles. The van der Waals surface area contributed by atoms with Crippen molar-refractivity contribution >= 4 is 23.3 Å². The van der Waals surface area contributed by atoms with E-state index in [-0.39, 0.29) is 17.0 Å². The molecule has 0 N–H and O–H groups in total. The van der Waals surface area contributed by atoms with Crippen LogP contribution in [0, 0.1) is 10.1 Å². The Morgan fingerprint density at radius 1 is 1.24 bits per heavy atom. The minimum Gasteiger partial charge on any atom is -0.870 e. The molecule has 7 nitrogen and oxygen atoms in total. The highest BCUT2D eigenvalue weighted by Crippen LogP contribution is 2.33. The Balaban J connectivity index is 1.97. The number of para-hydroxylation sites is 2. The van der Waals surface area contributed by atoms with Gasteiger partial charge in [-0.3, -0.25) is 15.1 Å². The van der Waals surface area contributed by atoms with Crippen LogP contribution < -0.4 is 14.7 Å². The highest BCUT2D eigenvalue weighted by Gasteiger charge is 2.15. The number of nitrogens with zero attached hydrogens (tertiary/aromatic N) is 3. The van der Waals surface area contributed by atoms with Crippen LogP contribution in [0.1, 0.15) is 18.4 Å². The van der Waals surface area contributed by atoms with Gasteiger partial charge < -0.3 is 14.7 Å². The number of nitro groups is 1. The van der Waals surface area contributed by atoms with Gasteiger partial charge >= 0.3 is 0 Å². The monoisotopic (exact) mass is 340 g/mol. The van der Waals surface area contributed by atoms with Gasteiger partial charge in [0.15, 0.2) is 0 Å². The van der Waals surface area contributed by atoms with Gasteiger partial charge in [0.25, 0.3) is 5.69 Å². The molecular formula is C18H18N3O4-. The first-order valence-electron chi connectivity index (χ1n) is 8.01. The molecule has 3 rings (SSSR count). The molecule has 0 atom stereocenters. The van der Waals surface area contributed by atoms with E-state index in [1.165, 1.54) is 19.4 Å². The van der Waals surface area contributed by atoms with Crippen LogP contribution in [0.3, 0.4) is 0 Å². The van der Waals surface area contributed by atoms with Gasteiger partial charge in [-0.1, -0.05) is 17.9 Å². The molecule has 0 amide bonds. The number of rotatable bonds is 5. The van der Waals surface area contributed by atoms with Gasteiger partial charge in [0.05, 0.1) is 29.5 Å². The van der Waals surface area contributed by atoms with Crippen molar-refractivity contribution in [1.82, 2.24) is 0 Å². The zero-order chi connectivity index (χ0) is 17.8. The Morgan fingerprint density at radius 3 is 2.64 bits per heavy atom. The number of hydrogen-bond acceptors (Lipinski definition) is 6. The summed E-state index contributed by atoms with van der Waals surface area (Å²) >= 11 is 0. The van der Waals surface area contributed by atoms with Crippen molar-refractivity contribution in [2.45, 2.75) is 12.8 Å². The maximum atomic E-state index is 12.3. The molecule has 1 aliphatic heterocycles. The van der Waals surface area contributed by atoms with Crippen LogP contribution in [0.2, 0.25) is 0 Å². The summed E-state index contributed by atoms with van der Waals surface area (Å²) in [6, 6.07) is 10.0. The standard InChI is InChI=1S/C18H19N3O4/c1-25-17-11-14(21(23)24)10-13(18(17)22)12-19-15-6-2-3-7-16(15)20-8-4-5-9-20/h2-3,6-7,10-12,22H,4-5,8-9H2,1H3/p-1. The maximum absolute atomic E-state index is 12.3. The van der Waals surface area contributed by atoms with Crippen molar-refractivity contribution in [3.8, 4) is 11.5 Å². The number of non-ortho nitro benzene ring substituents is 1. The highest BCUT2D eigenvalue weighted by atomic mass is 16.6. The number of benzene rings is 2. The fourth-order valence-corrected chi connectivity index (χ4v) is 2.90. The minimum absolute atomic E-state index is 0.0662. The number of anilines is 1. The average Bonchev–Trinajstić information content (AvgIpc) is 3.15. The molecule has 0 saturated carbocycles. The van der Waals surface area contributed by atoms with Gasteiger partial charge in [-0.25, -0.2) is 0 Å². The molecule has 0 unspecified atom stereocenters. The lowest BCUT2D eigenvalue weighted by Gasteiger charge is -2.19. The minimum atomic E-state index is -0.558.